The van der Waals surface area contributed by atoms with Gasteiger partial charge in [-0.1, -0.05) is 36.4 Å². The Labute approximate surface area is 122 Å². The zero-order valence-electron chi connectivity index (χ0n) is 11.3. The summed E-state index contributed by atoms with van der Waals surface area (Å²) >= 11 is 0. The molecule has 1 atom stereocenters. The number of nitrogens with zero attached hydrogens (tertiary/aromatic N) is 2. The minimum absolute atomic E-state index is 0.0423. The second-order valence-electron chi connectivity index (χ2n) is 4.80. The minimum atomic E-state index is -0.415. The van der Waals surface area contributed by atoms with Gasteiger partial charge in [-0.25, -0.2) is 0 Å². The van der Waals surface area contributed by atoms with Gasteiger partial charge in [-0.2, -0.15) is 0 Å². The lowest BCUT2D eigenvalue weighted by atomic mass is 10.1. The number of hydrogen-bond acceptors (Lipinski definition) is 5. The van der Waals surface area contributed by atoms with Crippen LogP contribution in [0.2, 0.25) is 0 Å². The summed E-state index contributed by atoms with van der Waals surface area (Å²) in [6.07, 6.45) is 0.751. The van der Waals surface area contributed by atoms with Gasteiger partial charge in [0.15, 0.2) is 0 Å². The van der Waals surface area contributed by atoms with Crippen LogP contribution in [0.25, 0.3) is 0 Å². The van der Waals surface area contributed by atoms with Crippen molar-refractivity contribution in [2.75, 3.05) is 11.8 Å². The third-order valence-electron chi connectivity index (χ3n) is 3.38. The van der Waals surface area contributed by atoms with Gasteiger partial charge >= 0.3 is 0 Å². The van der Waals surface area contributed by atoms with E-state index in [4.69, 9.17) is 4.74 Å². The molecule has 5 nitrogen and oxygen atoms in total. The summed E-state index contributed by atoms with van der Waals surface area (Å²) in [5, 5.41) is 21.3. The maximum atomic E-state index is 10.8. The molecule has 0 spiro atoms. The summed E-state index contributed by atoms with van der Waals surface area (Å²) in [6, 6.07) is 16.3. The van der Waals surface area contributed by atoms with Crippen molar-refractivity contribution in [1.29, 1.82) is 0 Å². The quantitative estimate of drug-likeness (QED) is 0.809. The van der Waals surface area contributed by atoms with E-state index in [0.717, 1.165) is 12.0 Å². The lowest BCUT2D eigenvalue weighted by Crippen LogP contribution is -2.19. The molecule has 3 rings (SSSR count). The van der Waals surface area contributed by atoms with Crippen molar-refractivity contribution in [3.63, 3.8) is 0 Å². The highest BCUT2D eigenvalue weighted by molar-refractivity contribution is 5.95. The van der Waals surface area contributed by atoms with E-state index in [9.17, 15) is 10.4 Å². The molecule has 2 aromatic carbocycles. The summed E-state index contributed by atoms with van der Waals surface area (Å²) in [5.41, 5.74) is 1.78. The fourth-order valence-electron chi connectivity index (χ4n) is 2.33. The molecule has 0 unspecified atom stereocenters. The van der Waals surface area contributed by atoms with Gasteiger partial charge in [0.2, 0.25) is 5.90 Å². The molecule has 0 bridgehead atoms. The van der Waals surface area contributed by atoms with Crippen LogP contribution >= 0.6 is 0 Å². The minimum Gasteiger partial charge on any atom is -0.769 e. The first-order valence-corrected chi connectivity index (χ1v) is 6.75. The van der Waals surface area contributed by atoms with E-state index in [1.165, 1.54) is 12.1 Å². The normalized spacial score (nSPS) is 17.8. The summed E-state index contributed by atoms with van der Waals surface area (Å²) in [4.78, 5) is 4.35. The summed E-state index contributed by atoms with van der Waals surface area (Å²) < 4.78 is 5.92. The fraction of sp³-hybridized carbons (Fsp3) is 0.188. The van der Waals surface area contributed by atoms with Gasteiger partial charge in [-0.05, 0) is 23.8 Å². The first kappa shape index (κ1) is 13.6. The van der Waals surface area contributed by atoms with E-state index < -0.39 is 5.23 Å². The zero-order valence-corrected chi connectivity index (χ0v) is 11.3. The predicted octanol–water partition coefficient (Wildman–Crippen LogP) is 3.40. The average Bonchev–Trinajstić information content (AvgIpc) is 2.56. The van der Waals surface area contributed by atoms with Crippen LogP contribution in [0.4, 0.5) is 5.69 Å². The zero-order chi connectivity index (χ0) is 14.7. The van der Waals surface area contributed by atoms with Gasteiger partial charge in [0.25, 0.3) is 0 Å². The Bertz CT molecular complexity index is 641. The van der Waals surface area contributed by atoms with Crippen molar-refractivity contribution in [1.82, 2.24) is 0 Å². The highest BCUT2D eigenvalue weighted by atomic mass is 16.8. The summed E-state index contributed by atoms with van der Waals surface area (Å²) in [7, 11) is 0. The van der Waals surface area contributed by atoms with Crippen LogP contribution in [-0.4, -0.2) is 12.4 Å². The molecule has 1 heterocycles. The van der Waals surface area contributed by atoms with Crippen molar-refractivity contribution < 1.29 is 4.74 Å². The van der Waals surface area contributed by atoms with E-state index in [0.29, 0.717) is 18.0 Å². The van der Waals surface area contributed by atoms with Gasteiger partial charge < -0.3 is 20.4 Å². The van der Waals surface area contributed by atoms with Crippen molar-refractivity contribution in [2.45, 2.75) is 12.5 Å². The summed E-state index contributed by atoms with van der Waals surface area (Å²) in [6.45, 7) is 0.650. The van der Waals surface area contributed by atoms with E-state index in [1.54, 1.807) is 12.1 Å². The first-order chi connectivity index (χ1) is 10.2. The summed E-state index contributed by atoms with van der Waals surface area (Å²) in [5.74, 6) is 0.471. The van der Waals surface area contributed by atoms with Gasteiger partial charge in [-0.3, -0.25) is 4.99 Å². The molecule has 0 aliphatic carbocycles. The van der Waals surface area contributed by atoms with Crippen molar-refractivity contribution in [3.05, 3.63) is 76.1 Å². The highest BCUT2D eigenvalue weighted by Crippen LogP contribution is 2.27. The van der Waals surface area contributed by atoms with Crippen LogP contribution in [0.1, 0.15) is 23.7 Å². The van der Waals surface area contributed by atoms with Crippen LogP contribution in [0.3, 0.4) is 0 Å². The molecule has 5 heteroatoms. The Morgan fingerprint density at radius 3 is 2.62 bits per heavy atom. The van der Waals surface area contributed by atoms with Gasteiger partial charge in [0, 0.05) is 24.2 Å². The number of ether oxygens (including phenoxy) is 1. The van der Waals surface area contributed by atoms with Crippen molar-refractivity contribution in [2.24, 2.45) is 4.99 Å². The maximum Gasteiger partial charge on any atom is 0.216 e. The molecule has 0 N–H and O–H groups in total. The monoisotopic (exact) mass is 282 g/mol. The van der Waals surface area contributed by atoms with E-state index in [1.807, 2.05) is 30.3 Å². The topological polar surface area (TPSA) is 71.0 Å². The second-order valence-corrected chi connectivity index (χ2v) is 4.80. The van der Waals surface area contributed by atoms with Crippen LogP contribution in [-0.2, 0) is 4.74 Å². The van der Waals surface area contributed by atoms with Crippen LogP contribution in [0.5, 0.6) is 0 Å². The number of aliphatic imine (C=N–C) groups is 1. The smallest absolute Gasteiger partial charge is 0.216 e. The SMILES string of the molecule is [O-]N([O-])c1cccc(C2=NCC[C@@H](c3ccccc3)O2)c1. The molecular formula is C16H14N2O3-2. The van der Waals surface area contributed by atoms with Gasteiger partial charge in [-0.15, -0.1) is 0 Å². The molecule has 1 aliphatic heterocycles. The lowest BCUT2D eigenvalue weighted by Gasteiger charge is -2.37. The largest absolute Gasteiger partial charge is 0.769 e. The molecule has 0 saturated heterocycles. The highest BCUT2D eigenvalue weighted by Gasteiger charge is 2.20. The molecular weight excluding hydrogens is 268 g/mol. The number of benzene rings is 2. The van der Waals surface area contributed by atoms with E-state index in [2.05, 4.69) is 4.99 Å². The van der Waals surface area contributed by atoms with Crippen molar-refractivity contribution >= 4 is 11.6 Å². The van der Waals surface area contributed by atoms with Gasteiger partial charge in [0.1, 0.15) is 6.10 Å². The maximum absolute atomic E-state index is 10.8. The fourth-order valence-corrected chi connectivity index (χ4v) is 2.33. The molecule has 0 radical (unpaired) electrons. The Morgan fingerprint density at radius 1 is 1.05 bits per heavy atom. The Kier molecular flexibility index (Phi) is 3.85. The van der Waals surface area contributed by atoms with Crippen LogP contribution < -0.4 is 5.23 Å². The standard InChI is InChI=1S/C16H14N2O3/c19-18(20)14-8-4-7-13(11-14)16-17-10-9-15(21-16)12-5-2-1-3-6-12/h1-8,11,15H,9-10H2/q-2/t15-/m0/s1. The molecule has 0 aromatic heterocycles. The molecule has 1 aliphatic rings. The number of rotatable bonds is 3. The van der Waals surface area contributed by atoms with Crippen LogP contribution in [0.15, 0.2) is 59.6 Å². The third kappa shape index (κ3) is 3.04. The van der Waals surface area contributed by atoms with E-state index >= 15 is 0 Å². The number of anilines is 1. The molecule has 0 fully saturated rings. The third-order valence-corrected chi connectivity index (χ3v) is 3.38. The van der Waals surface area contributed by atoms with E-state index in [-0.39, 0.29) is 11.8 Å². The Hall–Kier alpha value is -2.37. The Morgan fingerprint density at radius 2 is 1.86 bits per heavy atom. The second kappa shape index (κ2) is 5.95. The van der Waals surface area contributed by atoms with Crippen molar-refractivity contribution in [3.8, 4) is 0 Å². The van der Waals surface area contributed by atoms with Crippen LogP contribution in [0, 0.1) is 10.4 Å². The number of hydrogen-bond donors (Lipinski definition) is 0. The lowest BCUT2D eigenvalue weighted by molar-refractivity contribution is 0.170. The molecule has 21 heavy (non-hydrogen) atoms. The Balaban J connectivity index is 1.83. The molecule has 0 amide bonds. The van der Waals surface area contributed by atoms with Gasteiger partial charge in [0.05, 0.1) is 0 Å². The predicted molar refractivity (Wildman–Crippen MR) is 81.9 cm³/mol. The average molecular weight is 282 g/mol. The molecule has 108 valence electrons. The first-order valence-electron chi connectivity index (χ1n) is 6.75. The molecule has 2 aromatic rings. The molecule has 0 saturated carbocycles.